The van der Waals surface area contributed by atoms with E-state index in [2.05, 4.69) is 6.92 Å². The van der Waals surface area contributed by atoms with E-state index in [4.69, 9.17) is 4.74 Å². The van der Waals surface area contributed by atoms with Crippen LogP contribution in [-0.4, -0.2) is 45.8 Å². The molecule has 1 heterocycles. The van der Waals surface area contributed by atoms with Gasteiger partial charge >= 0.3 is 0 Å². The van der Waals surface area contributed by atoms with E-state index in [9.17, 15) is 15.3 Å². The second kappa shape index (κ2) is 5.00. The Bertz CT molecular complexity index is 233. The standard InChI is InChI=1S/C12H22O4/c1-2-3-8-6-11(15)12(16-8)10(14)5-7-4-9(7)13/h7-15H,2-6H2,1H3. The second-order valence-corrected chi connectivity index (χ2v) is 5.18. The summed E-state index contributed by atoms with van der Waals surface area (Å²) in [5.41, 5.74) is 0. The van der Waals surface area contributed by atoms with Crippen molar-refractivity contribution in [1.29, 1.82) is 0 Å². The quantitative estimate of drug-likeness (QED) is 0.641. The van der Waals surface area contributed by atoms with Crippen LogP contribution in [0.4, 0.5) is 0 Å². The first kappa shape index (κ1) is 12.3. The molecule has 0 bridgehead atoms. The van der Waals surface area contributed by atoms with Gasteiger partial charge in [0.05, 0.1) is 24.4 Å². The molecule has 1 saturated carbocycles. The van der Waals surface area contributed by atoms with Crippen LogP contribution in [0.3, 0.4) is 0 Å². The molecule has 4 heteroatoms. The van der Waals surface area contributed by atoms with Crippen molar-refractivity contribution >= 4 is 0 Å². The van der Waals surface area contributed by atoms with Gasteiger partial charge in [-0.3, -0.25) is 0 Å². The Kier molecular flexibility index (Phi) is 3.85. The molecule has 0 spiro atoms. The molecule has 1 aliphatic carbocycles. The van der Waals surface area contributed by atoms with E-state index in [-0.39, 0.29) is 18.1 Å². The molecule has 2 fully saturated rings. The fourth-order valence-electron chi connectivity index (χ4n) is 2.56. The fourth-order valence-corrected chi connectivity index (χ4v) is 2.56. The Hall–Kier alpha value is -0.160. The zero-order valence-corrected chi connectivity index (χ0v) is 9.75. The van der Waals surface area contributed by atoms with Gasteiger partial charge in [-0.2, -0.15) is 0 Å². The lowest BCUT2D eigenvalue weighted by Crippen LogP contribution is -2.35. The maximum atomic E-state index is 9.94. The Morgan fingerprint density at radius 2 is 1.94 bits per heavy atom. The lowest BCUT2D eigenvalue weighted by Gasteiger charge is -2.21. The van der Waals surface area contributed by atoms with Gasteiger partial charge < -0.3 is 20.1 Å². The summed E-state index contributed by atoms with van der Waals surface area (Å²) in [6, 6.07) is 0. The van der Waals surface area contributed by atoms with E-state index in [1.807, 2.05) is 0 Å². The molecule has 0 aromatic rings. The van der Waals surface area contributed by atoms with Gasteiger partial charge in [-0.05, 0) is 25.2 Å². The van der Waals surface area contributed by atoms with Crippen LogP contribution in [-0.2, 0) is 4.74 Å². The molecular formula is C12H22O4. The van der Waals surface area contributed by atoms with Crippen molar-refractivity contribution in [2.24, 2.45) is 5.92 Å². The van der Waals surface area contributed by atoms with Gasteiger partial charge in [0.15, 0.2) is 0 Å². The summed E-state index contributed by atoms with van der Waals surface area (Å²) >= 11 is 0. The van der Waals surface area contributed by atoms with Gasteiger partial charge in [-0.15, -0.1) is 0 Å². The molecule has 6 atom stereocenters. The van der Waals surface area contributed by atoms with Gasteiger partial charge in [0.1, 0.15) is 6.10 Å². The normalized spacial score (nSPS) is 44.6. The average molecular weight is 230 g/mol. The lowest BCUT2D eigenvalue weighted by atomic mass is 10.0. The smallest absolute Gasteiger partial charge is 0.110 e. The monoisotopic (exact) mass is 230 g/mol. The molecule has 0 aromatic carbocycles. The minimum atomic E-state index is -0.640. The van der Waals surface area contributed by atoms with Crippen molar-refractivity contribution in [3.8, 4) is 0 Å². The van der Waals surface area contributed by atoms with Crippen molar-refractivity contribution in [1.82, 2.24) is 0 Å². The summed E-state index contributed by atoms with van der Waals surface area (Å²) in [6.45, 7) is 2.08. The SMILES string of the molecule is CCCC1CC(O)C(C(O)CC2CC2O)O1. The molecule has 3 N–H and O–H groups in total. The van der Waals surface area contributed by atoms with E-state index in [0.717, 1.165) is 19.3 Å². The van der Waals surface area contributed by atoms with Crippen LogP contribution in [0.25, 0.3) is 0 Å². The van der Waals surface area contributed by atoms with Crippen molar-refractivity contribution in [2.75, 3.05) is 0 Å². The van der Waals surface area contributed by atoms with Crippen LogP contribution in [0.1, 0.15) is 39.0 Å². The largest absolute Gasteiger partial charge is 0.393 e. The molecule has 2 aliphatic rings. The number of rotatable bonds is 5. The van der Waals surface area contributed by atoms with Crippen molar-refractivity contribution in [3.05, 3.63) is 0 Å². The minimum absolute atomic E-state index is 0.0868. The van der Waals surface area contributed by atoms with Crippen LogP contribution < -0.4 is 0 Å². The third kappa shape index (κ3) is 2.74. The van der Waals surface area contributed by atoms with Crippen LogP contribution in [0.5, 0.6) is 0 Å². The number of ether oxygens (including phenoxy) is 1. The Balaban J connectivity index is 1.79. The highest BCUT2D eigenvalue weighted by Crippen LogP contribution is 2.37. The van der Waals surface area contributed by atoms with Crippen molar-refractivity contribution in [3.63, 3.8) is 0 Å². The molecule has 6 unspecified atom stereocenters. The van der Waals surface area contributed by atoms with Crippen LogP contribution in [0.15, 0.2) is 0 Å². The van der Waals surface area contributed by atoms with Gasteiger partial charge in [0.2, 0.25) is 0 Å². The Morgan fingerprint density at radius 1 is 1.25 bits per heavy atom. The maximum Gasteiger partial charge on any atom is 0.110 e. The molecule has 0 amide bonds. The third-order valence-electron chi connectivity index (χ3n) is 3.65. The third-order valence-corrected chi connectivity index (χ3v) is 3.65. The number of hydrogen-bond acceptors (Lipinski definition) is 4. The topological polar surface area (TPSA) is 69.9 Å². The molecule has 94 valence electrons. The first-order valence-electron chi connectivity index (χ1n) is 6.31. The zero-order chi connectivity index (χ0) is 11.7. The highest BCUT2D eigenvalue weighted by atomic mass is 16.5. The Morgan fingerprint density at radius 3 is 2.50 bits per heavy atom. The summed E-state index contributed by atoms with van der Waals surface area (Å²) in [7, 11) is 0. The second-order valence-electron chi connectivity index (χ2n) is 5.18. The van der Waals surface area contributed by atoms with Crippen LogP contribution in [0.2, 0.25) is 0 Å². The molecule has 4 nitrogen and oxygen atoms in total. The average Bonchev–Trinajstić information content (AvgIpc) is 2.75. The number of aliphatic hydroxyl groups is 3. The highest BCUT2D eigenvalue weighted by molar-refractivity contribution is 4.93. The highest BCUT2D eigenvalue weighted by Gasteiger charge is 2.43. The lowest BCUT2D eigenvalue weighted by molar-refractivity contribution is -0.0714. The van der Waals surface area contributed by atoms with E-state index in [1.165, 1.54) is 0 Å². The van der Waals surface area contributed by atoms with Gasteiger partial charge in [-0.1, -0.05) is 13.3 Å². The maximum absolute atomic E-state index is 9.94. The zero-order valence-electron chi connectivity index (χ0n) is 9.75. The van der Waals surface area contributed by atoms with Crippen LogP contribution in [0, 0.1) is 5.92 Å². The molecule has 1 saturated heterocycles. The first-order chi connectivity index (χ1) is 7.61. The summed E-state index contributed by atoms with van der Waals surface area (Å²) in [5, 5.41) is 29.0. The molecule has 0 radical (unpaired) electrons. The molecule has 2 rings (SSSR count). The minimum Gasteiger partial charge on any atom is -0.393 e. The summed E-state index contributed by atoms with van der Waals surface area (Å²) in [6.07, 6.45) is 2.10. The van der Waals surface area contributed by atoms with Crippen molar-refractivity contribution in [2.45, 2.75) is 69.5 Å². The van der Waals surface area contributed by atoms with Gasteiger partial charge in [-0.25, -0.2) is 0 Å². The summed E-state index contributed by atoms with van der Waals surface area (Å²) in [4.78, 5) is 0. The fraction of sp³-hybridized carbons (Fsp3) is 1.00. The summed E-state index contributed by atoms with van der Waals surface area (Å²) in [5.74, 6) is 0.205. The Labute approximate surface area is 96.2 Å². The van der Waals surface area contributed by atoms with Gasteiger partial charge in [0, 0.05) is 6.42 Å². The summed E-state index contributed by atoms with van der Waals surface area (Å²) < 4.78 is 5.66. The van der Waals surface area contributed by atoms with Crippen LogP contribution >= 0.6 is 0 Å². The van der Waals surface area contributed by atoms with Gasteiger partial charge in [0.25, 0.3) is 0 Å². The van der Waals surface area contributed by atoms with E-state index >= 15 is 0 Å². The number of hydrogen-bond donors (Lipinski definition) is 3. The van der Waals surface area contributed by atoms with Crippen molar-refractivity contribution < 1.29 is 20.1 Å². The molecule has 0 aromatic heterocycles. The first-order valence-corrected chi connectivity index (χ1v) is 6.31. The number of aliphatic hydroxyl groups excluding tert-OH is 3. The molecule has 1 aliphatic heterocycles. The predicted octanol–water partition coefficient (Wildman–Crippen LogP) is 0.437. The van der Waals surface area contributed by atoms with E-state index in [1.54, 1.807) is 0 Å². The predicted molar refractivity (Wildman–Crippen MR) is 58.9 cm³/mol. The van der Waals surface area contributed by atoms with E-state index < -0.39 is 18.3 Å². The van der Waals surface area contributed by atoms with E-state index in [0.29, 0.717) is 12.8 Å². The molecular weight excluding hydrogens is 208 g/mol. The molecule has 16 heavy (non-hydrogen) atoms.